The molecule has 2 rings (SSSR count). The zero-order valence-corrected chi connectivity index (χ0v) is 11.0. The number of hydrogen-bond donors (Lipinski definition) is 1. The third kappa shape index (κ3) is 3.11. The number of rotatable bonds is 3. The van der Waals surface area contributed by atoms with Gasteiger partial charge in [0.2, 0.25) is 0 Å². The van der Waals surface area contributed by atoms with Gasteiger partial charge >= 0.3 is 5.97 Å². The van der Waals surface area contributed by atoms with E-state index in [1.807, 2.05) is 6.92 Å². The first-order chi connectivity index (χ1) is 8.97. The summed E-state index contributed by atoms with van der Waals surface area (Å²) in [5, 5.41) is 12.9. The van der Waals surface area contributed by atoms with E-state index < -0.39 is 12.1 Å². The van der Waals surface area contributed by atoms with Crippen LogP contribution in [0.1, 0.15) is 22.6 Å². The molecule has 1 N–H and O–H groups in total. The van der Waals surface area contributed by atoms with Crippen molar-refractivity contribution in [3.8, 4) is 0 Å². The zero-order valence-electron chi connectivity index (χ0n) is 11.0. The van der Waals surface area contributed by atoms with Crippen molar-refractivity contribution in [3.63, 3.8) is 0 Å². The number of carboxylic acid groups (broad SMARTS) is 1. The van der Waals surface area contributed by atoms with E-state index in [4.69, 9.17) is 9.84 Å². The molecule has 7 heteroatoms. The molecule has 0 spiro atoms. The number of ether oxygens (including phenoxy) is 1. The minimum absolute atomic E-state index is 0.0922. The second-order valence-electron chi connectivity index (χ2n) is 4.64. The average molecular weight is 267 g/mol. The van der Waals surface area contributed by atoms with Gasteiger partial charge in [0.15, 0.2) is 5.69 Å². The molecule has 1 aliphatic rings. The molecule has 7 nitrogen and oxygen atoms in total. The van der Waals surface area contributed by atoms with Crippen molar-refractivity contribution in [1.82, 2.24) is 14.7 Å². The molecule has 0 aromatic carbocycles. The summed E-state index contributed by atoms with van der Waals surface area (Å²) in [6, 6.07) is 1.73. The van der Waals surface area contributed by atoms with E-state index in [1.165, 1.54) is 0 Å². The van der Waals surface area contributed by atoms with Gasteiger partial charge in [0, 0.05) is 25.8 Å². The van der Waals surface area contributed by atoms with Gasteiger partial charge in [-0.1, -0.05) is 0 Å². The summed E-state index contributed by atoms with van der Waals surface area (Å²) in [5.41, 5.74) is 1.29. The van der Waals surface area contributed by atoms with Gasteiger partial charge < -0.3 is 14.7 Å². The van der Waals surface area contributed by atoms with Gasteiger partial charge in [-0.15, -0.1) is 0 Å². The van der Waals surface area contributed by atoms with Gasteiger partial charge in [0.05, 0.1) is 19.1 Å². The monoisotopic (exact) mass is 267 g/mol. The van der Waals surface area contributed by atoms with Crippen molar-refractivity contribution < 1.29 is 19.4 Å². The molecule has 2 heterocycles. The van der Waals surface area contributed by atoms with Crippen molar-refractivity contribution in [1.29, 1.82) is 0 Å². The number of aliphatic carboxylic acids is 1. The standard InChI is InChI=1S/C12H17N3O4/c1-8-5-10(13-14(8)2)12(18)15-3-4-19-9(7-15)6-11(16)17/h5,9H,3-4,6-7H2,1-2H3,(H,16,17). The molecule has 1 fully saturated rings. The quantitative estimate of drug-likeness (QED) is 0.836. The molecule has 1 aromatic heterocycles. The maximum absolute atomic E-state index is 12.2. The highest BCUT2D eigenvalue weighted by Crippen LogP contribution is 2.12. The van der Waals surface area contributed by atoms with Crippen molar-refractivity contribution >= 4 is 11.9 Å². The lowest BCUT2D eigenvalue weighted by atomic mass is 10.2. The first kappa shape index (κ1) is 13.5. The average Bonchev–Trinajstić information content (AvgIpc) is 2.68. The van der Waals surface area contributed by atoms with Crippen LogP contribution >= 0.6 is 0 Å². The van der Waals surface area contributed by atoms with E-state index in [1.54, 1.807) is 22.7 Å². The molecule has 1 saturated heterocycles. The Balaban J connectivity index is 2.04. The van der Waals surface area contributed by atoms with Crippen LogP contribution in [0.5, 0.6) is 0 Å². The molecule has 1 aliphatic heterocycles. The fraction of sp³-hybridized carbons (Fsp3) is 0.583. The molecule has 1 aromatic rings. The fourth-order valence-electron chi connectivity index (χ4n) is 2.05. The third-order valence-corrected chi connectivity index (χ3v) is 3.16. The summed E-state index contributed by atoms with van der Waals surface area (Å²) in [6.07, 6.45) is -0.537. The SMILES string of the molecule is Cc1cc(C(=O)N2CCOC(CC(=O)O)C2)nn1C. The second-order valence-corrected chi connectivity index (χ2v) is 4.64. The van der Waals surface area contributed by atoms with Crippen LogP contribution in [0.3, 0.4) is 0 Å². The topological polar surface area (TPSA) is 84.7 Å². The zero-order chi connectivity index (χ0) is 14.0. The largest absolute Gasteiger partial charge is 0.481 e. The molecule has 0 saturated carbocycles. The van der Waals surface area contributed by atoms with Gasteiger partial charge in [0.1, 0.15) is 0 Å². The van der Waals surface area contributed by atoms with Crippen LogP contribution in [0, 0.1) is 6.92 Å². The number of aromatic nitrogens is 2. The normalized spacial score (nSPS) is 19.5. The number of carbonyl (C=O) groups excluding carboxylic acids is 1. The lowest BCUT2D eigenvalue weighted by Crippen LogP contribution is -2.46. The first-order valence-corrected chi connectivity index (χ1v) is 6.10. The van der Waals surface area contributed by atoms with Gasteiger partial charge in [-0.2, -0.15) is 5.10 Å². The lowest BCUT2D eigenvalue weighted by Gasteiger charge is -2.31. The maximum atomic E-state index is 12.2. The Bertz CT molecular complexity index is 478. The Morgan fingerprint density at radius 1 is 1.58 bits per heavy atom. The van der Waals surface area contributed by atoms with E-state index in [9.17, 15) is 9.59 Å². The summed E-state index contributed by atoms with van der Waals surface area (Å²) in [7, 11) is 1.78. The molecule has 1 amide bonds. The minimum atomic E-state index is -0.923. The smallest absolute Gasteiger partial charge is 0.306 e. The van der Waals surface area contributed by atoms with E-state index in [0.29, 0.717) is 25.4 Å². The van der Waals surface area contributed by atoms with Crippen molar-refractivity contribution in [2.24, 2.45) is 7.05 Å². The Morgan fingerprint density at radius 3 is 2.89 bits per heavy atom. The van der Waals surface area contributed by atoms with Crippen molar-refractivity contribution in [3.05, 3.63) is 17.5 Å². The van der Waals surface area contributed by atoms with E-state index in [-0.39, 0.29) is 12.3 Å². The third-order valence-electron chi connectivity index (χ3n) is 3.16. The number of amides is 1. The van der Waals surface area contributed by atoms with Crippen molar-refractivity contribution in [2.45, 2.75) is 19.4 Å². The van der Waals surface area contributed by atoms with Gasteiger partial charge in [-0.05, 0) is 13.0 Å². The molecule has 19 heavy (non-hydrogen) atoms. The molecular formula is C12H17N3O4. The highest BCUT2D eigenvalue weighted by molar-refractivity contribution is 5.92. The van der Waals surface area contributed by atoms with E-state index in [2.05, 4.69) is 5.10 Å². The Morgan fingerprint density at radius 2 is 2.32 bits per heavy atom. The molecule has 0 aliphatic carbocycles. The predicted molar refractivity (Wildman–Crippen MR) is 65.8 cm³/mol. The predicted octanol–water partition coefficient (Wildman–Crippen LogP) is 0.0442. The van der Waals surface area contributed by atoms with Crippen LogP contribution in [0.4, 0.5) is 0 Å². The number of aryl methyl sites for hydroxylation is 2. The van der Waals surface area contributed by atoms with Crippen molar-refractivity contribution in [2.75, 3.05) is 19.7 Å². The van der Waals surface area contributed by atoms with Crippen LogP contribution in [0.2, 0.25) is 0 Å². The van der Waals surface area contributed by atoms with Gasteiger partial charge in [-0.25, -0.2) is 0 Å². The van der Waals surface area contributed by atoms with E-state index in [0.717, 1.165) is 5.69 Å². The first-order valence-electron chi connectivity index (χ1n) is 6.10. The summed E-state index contributed by atoms with van der Waals surface area (Å²) in [4.78, 5) is 24.5. The fourth-order valence-corrected chi connectivity index (χ4v) is 2.05. The number of morpholine rings is 1. The number of carbonyl (C=O) groups is 2. The molecule has 0 bridgehead atoms. The molecule has 1 atom stereocenters. The number of hydrogen-bond acceptors (Lipinski definition) is 4. The lowest BCUT2D eigenvalue weighted by molar-refractivity contribution is -0.141. The molecule has 1 unspecified atom stereocenters. The summed E-state index contributed by atoms with van der Waals surface area (Å²) < 4.78 is 6.97. The van der Waals surface area contributed by atoms with E-state index >= 15 is 0 Å². The number of nitrogens with zero attached hydrogens (tertiary/aromatic N) is 3. The molecule has 0 radical (unpaired) electrons. The van der Waals surface area contributed by atoms with Gasteiger partial charge in [0.25, 0.3) is 5.91 Å². The van der Waals surface area contributed by atoms with Crippen LogP contribution in [-0.4, -0.2) is 57.5 Å². The number of carboxylic acids is 1. The summed E-state index contributed by atoms with van der Waals surface area (Å²) >= 11 is 0. The minimum Gasteiger partial charge on any atom is -0.481 e. The Labute approximate surface area is 110 Å². The summed E-state index contributed by atoms with van der Waals surface area (Å²) in [5.74, 6) is -1.10. The molecule has 104 valence electrons. The summed E-state index contributed by atoms with van der Waals surface area (Å²) in [6.45, 7) is 2.98. The Kier molecular flexibility index (Phi) is 3.84. The second kappa shape index (κ2) is 5.40. The van der Waals surface area contributed by atoms with Crippen LogP contribution in [-0.2, 0) is 16.6 Å². The van der Waals surface area contributed by atoms with Crippen LogP contribution in [0.25, 0.3) is 0 Å². The Hall–Kier alpha value is -1.89. The maximum Gasteiger partial charge on any atom is 0.306 e. The highest BCUT2D eigenvalue weighted by Gasteiger charge is 2.27. The van der Waals surface area contributed by atoms with Gasteiger partial charge in [-0.3, -0.25) is 14.3 Å². The van der Waals surface area contributed by atoms with Crippen LogP contribution < -0.4 is 0 Å². The molecular weight excluding hydrogens is 250 g/mol. The highest BCUT2D eigenvalue weighted by atomic mass is 16.5. The van der Waals surface area contributed by atoms with Crippen LogP contribution in [0.15, 0.2) is 6.07 Å².